The second-order valence-electron chi connectivity index (χ2n) is 5.40. The monoisotopic (exact) mass is 274 g/mol. The molecule has 2 aromatic rings. The Labute approximate surface area is 122 Å². The van der Waals surface area contributed by atoms with Crippen molar-refractivity contribution in [2.24, 2.45) is 0 Å². The lowest BCUT2D eigenvalue weighted by Gasteiger charge is -2.23. The van der Waals surface area contributed by atoms with Crippen LogP contribution in [0.25, 0.3) is 11.0 Å². The molecule has 0 aliphatic carbocycles. The fraction of sp³-hybridized carbons (Fsp3) is 0.529. The number of para-hydroxylation sites is 1. The van der Waals surface area contributed by atoms with Crippen LogP contribution in [0.1, 0.15) is 32.1 Å². The predicted molar refractivity (Wildman–Crippen MR) is 85.0 cm³/mol. The van der Waals surface area contributed by atoms with Gasteiger partial charge in [-0.25, -0.2) is 0 Å². The lowest BCUT2D eigenvalue weighted by atomic mass is 10.1. The highest BCUT2D eigenvalue weighted by Crippen LogP contribution is 2.24. The molecule has 1 unspecified atom stereocenters. The van der Waals surface area contributed by atoms with Crippen molar-refractivity contribution in [2.45, 2.75) is 40.3 Å². The first kappa shape index (κ1) is 15.1. The van der Waals surface area contributed by atoms with E-state index in [-0.39, 0.29) is 0 Å². The van der Waals surface area contributed by atoms with Gasteiger partial charge in [0.25, 0.3) is 0 Å². The summed E-state index contributed by atoms with van der Waals surface area (Å²) in [5.74, 6) is 1.02. The van der Waals surface area contributed by atoms with Gasteiger partial charge in [-0.2, -0.15) is 0 Å². The minimum absolute atomic E-state index is 0.475. The smallest absolute Gasteiger partial charge is 0.134 e. The highest BCUT2D eigenvalue weighted by molar-refractivity contribution is 5.82. The van der Waals surface area contributed by atoms with Crippen molar-refractivity contribution in [1.82, 2.24) is 10.2 Å². The zero-order valence-electron chi connectivity index (χ0n) is 13.1. The third-order valence-corrected chi connectivity index (χ3v) is 3.95. The van der Waals surface area contributed by atoms with Crippen molar-refractivity contribution in [1.29, 1.82) is 0 Å². The van der Waals surface area contributed by atoms with E-state index in [0.29, 0.717) is 6.04 Å². The first-order valence-corrected chi connectivity index (χ1v) is 7.58. The zero-order valence-corrected chi connectivity index (χ0v) is 13.1. The number of nitrogens with zero attached hydrogens (tertiary/aromatic N) is 1. The molecule has 0 fully saturated rings. The Kier molecular flexibility index (Phi) is 5.21. The van der Waals surface area contributed by atoms with Gasteiger partial charge in [-0.05, 0) is 33.0 Å². The summed E-state index contributed by atoms with van der Waals surface area (Å²) in [6.07, 6.45) is 0. The molecule has 3 heteroatoms. The van der Waals surface area contributed by atoms with E-state index in [1.807, 2.05) is 19.1 Å². The summed E-state index contributed by atoms with van der Waals surface area (Å²) in [5, 5.41) is 4.84. The van der Waals surface area contributed by atoms with Crippen LogP contribution in [-0.2, 0) is 6.54 Å². The molecule has 1 N–H and O–H groups in total. The van der Waals surface area contributed by atoms with Crippen LogP contribution >= 0.6 is 0 Å². The first-order valence-electron chi connectivity index (χ1n) is 7.58. The van der Waals surface area contributed by atoms with Gasteiger partial charge in [0, 0.05) is 30.1 Å². The molecule has 0 aliphatic rings. The van der Waals surface area contributed by atoms with Gasteiger partial charge in [0.05, 0.1) is 0 Å². The van der Waals surface area contributed by atoms with Gasteiger partial charge in [-0.1, -0.05) is 32.0 Å². The number of aryl methyl sites for hydroxylation is 1. The molecule has 1 aromatic heterocycles. The second kappa shape index (κ2) is 6.91. The van der Waals surface area contributed by atoms with Gasteiger partial charge in [-0.3, -0.25) is 0 Å². The van der Waals surface area contributed by atoms with Crippen LogP contribution < -0.4 is 5.32 Å². The summed E-state index contributed by atoms with van der Waals surface area (Å²) in [7, 11) is 0. The third-order valence-electron chi connectivity index (χ3n) is 3.95. The molecule has 1 atom stereocenters. The Morgan fingerprint density at radius 2 is 1.90 bits per heavy atom. The number of furan rings is 1. The maximum Gasteiger partial charge on any atom is 0.134 e. The van der Waals surface area contributed by atoms with E-state index in [1.165, 1.54) is 10.9 Å². The van der Waals surface area contributed by atoms with Gasteiger partial charge < -0.3 is 14.6 Å². The fourth-order valence-corrected chi connectivity index (χ4v) is 2.65. The van der Waals surface area contributed by atoms with Crippen LogP contribution in [0.3, 0.4) is 0 Å². The van der Waals surface area contributed by atoms with E-state index < -0.39 is 0 Å². The molecule has 20 heavy (non-hydrogen) atoms. The van der Waals surface area contributed by atoms with Crippen molar-refractivity contribution in [3.05, 3.63) is 35.6 Å². The lowest BCUT2D eigenvalue weighted by molar-refractivity contribution is 0.270. The molecular formula is C17H26N2O. The Morgan fingerprint density at radius 3 is 2.60 bits per heavy atom. The molecule has 1 aromatic carbocycles. The molecule has 0 saturated carbocycles. The number of rotatable bonds is 7. The first-order chi connectivity index (χ1) is 9.65. The number of nitrogens with one attached hydrogen (secondary N) is 1. The summed E-state index contributed by atoms with van der Waals surface area (Å²) < 4.78 is 5.80. The molecule has 0 bridgehead atoms. The molecule has 0 saturated heterocycles. The number of hydrogen-bond donors (Lipinski definition) is 1. The lowest BCUT2D eigenvalue weighted by Crippen LogP contribution is -2.38. The molecule has 0 amide bonds. The summed E-state index contributed by atoms with van der Waals surface area (Å²) in [5.41, 5.74) is 2.27. The standard InChI is InChI=1S/C17H26N2O/c1-5-19(6-2)12-13(3)18-11-16-14(4)20-17-10-8-7-9-15(16)17/h7-10,13,18H,5-6,11-12H2,1-4H3. The van der Waals surface area contributed by atoms with Crippen LogP contribution in [0.15, 0.2) is 28.7 Å². The molecule has 0 aliphatic heterocycles. The van der Waals surface area contributed by atoms with E-state index in [1.54, 1.807) is 0 Å². The Balaban J connectivity index is 2.00. The molecule has 0 radical (unpaired) electrons. The van der Waals surface area contributed by atoms with Crippen LogP contribution in [0.2, 0.25) is 0 Å². The topological polar surface area (TPSA) is 28.4 Å². The minimum Gasteiger partial charge on any atom is -0.461 e. The van der Waals surface area contributed by atoms with Crippen LogP contribution in [-0.4, -0.2) is 30.6 Å². The van der Waals surface area contributed by atoms with E-state index >= 15 is 0 Å². The molecule has 0 spiro atoms. The van der Waals surface area contributed by atoms with Crippen molar-refractivity contribution < 1.29 is 4.42 Å². The average molecular weight is 274 g/mol. The third kappa shape index (κ3) is 3.41. The average Bonchev–Trinajstić information content (AvgIpc) is 2.78. The maximum absolute atomic E-state index is 5.80. The largest absolute Gasteiger partial charge is 0.461 e. The van der Waals surface area contributed by atoms with Crippen molar-refractivity contribution in [3.8, 4) is 0 Å². The molecular weight excluding hydrogens is 248 g/mol. The Morgan fingerprint density at radius 1 is 1.20 bits per heavy atom. The Bertz CT molecular complexity index is 543. The van der Waals surface area contributed by atoms with Gasteiger partial charge >= 0.3 is 0 Å². The molecule has 2 rings (SSSR count). The number of hydrogen-bond acceptors (Lipinski definition) is 3. The molecule has 3 nitrogen and oxygen atoms in total. The highest BCUT2D eigenvalue weighted by Gasteiger charge is 2.12. The van der Waals surface area contributed by atoms with Gasteiger partial charge in [0.2, 0.25) is 0 Å². The van der Waals surface area contributed by atoms with Gasteiger partial charge in [-0.15, -0.1) is 0 Å². The Hall–Kier alpha value is -1.32. The zero-order chi connectivity index (χ0) is 14.5. The predicted octanol–water partition coefficient (Wildman–Crippen LogP) is 3.56. The molecule has 1 heterocycles. The van der Waals surface area contributed by atoms with E-state index in [9.17, 15) is 0 Å². The van der Waals surface area contributed by atoms with E-state index in [0.717, 1.165) is 37.5 Å². The second-order valence-corrected chi connectivity index (χ2v) is 5.40. The van der Waals surface area contributed by atoms with Crippen molar-refractivity contribution in [2.75, 3.05) is 19.6 Å². The number of fused-ring (bicyclic) bond motifs is 1. The normalized spacial score (nSPS) is 13.2. The van der Waals surface area contributed by atoms with E-state index in [2.05, 4.69) is 43.1 Å². The summed E-state index contributed by atoms with van der Waals surface area (Å²) >= 11 is 0. The highest BCUT2D eigenvalue weighted by atomic mass is 16.3. The quantitative estimate of drug-likeness (QED) is 0.837. The van der Waals surface area contributed by atoms with Gasteiger partial charge in [0.1, 0.15) is 11.3 Å². The van der Waals surface area contributed by atoms with Crippen LogP contribution in [0.5, 0.6) is 0 Å². The van der Waals surface area contributed by atoms with E-state index in [4.69, 9.17) is 4.42 Å². The van der Waals surface area contributed by atoms with Crippen molar-refractivity contribution >= 4 is 11.0 Å². The summed E-state index contributed by atoms with van der Waals surface area (Å²) in [6.45, 7) is 12.9. The summed E-state index contributed by atoms with van der Waals surface area (Å²) in [6, 6.07) is 8.73. The maximum atomic E-state index is 5.80. The summed E-state index contributed by atoms with van der Waals surface area (Å²) in [4.78, 5) is 2.44. The van der Waals surface area contributed by atoms with Crippen molar-refractivity contribution in [3.63, 3.8) is 0 Å². The van der Waals surface area contributed by atoms with Crippen LogP contribution in [0, 0.1) is 6.92 Å². The minimum atomic E-state index is 0.475. The van der Waals surface area contributed by atoms with Gasteiger partial charge in [0.15, 0.2) is 0 Å². The number of likely N-dealkylation sites (N-methyl/N-ethyl adjacent to an activating group) is 1. The number of benzene rings is 1. The van der Waals surface area contributed by atoms with Crippen LogP contribution in [0.4, 0.5) is 0 Å². The SMILES string of the molecule is CCN(CC)CC(C)NCc1c(C)oc2ccccc12. The molecule has 110 valence electrons. The fourth-order valence-electron chi connectivity index (χ4n) is 2.65.